The average Bonchev–Trinajstić information content (AvgIpc) is 3.16. The molecule has 1 fully saturated rings. The summed E-state index contributed by atoms with van der Waals surface area (Å²) in [6.45, 7) is 9.33. The first kappa shape index (κ1) is 15.1. The highest BCUT2D eigenvalue weighted by Crippen LogP contribution is 2.24. The number of aryl methyl sites for hydroxylation is 2. The van der Waals surface area contributed by atoms with E-state index < -0.39 is 0 Å². The van der Waals surface area contributed by atoms with Gasteiger partial charge in [-0.1, -0.05) is 17.3 Å². The van der Waals surface area contributed by atoms with E-state index in [4.69, 9.17) is 4.52 Å². The minimum Gasteiger partial charge on any atom is -0.372 e. The van der Waals surface area contributed by atoms with Crippen molar-refractivity contribution in [2.24, 2.45) is 0 Å². The molecule has 1 saturated heterocycles. The van der Waals surface area contributed by atoms with Crippen molar-refractivity contribution in [3.05, 3.63) is 46.8 Å². The SMILES string of the molecule is Cc1noc(C)c1CN[C@@H](C)c1cccc(N2CCCC2)c1. The summed E-state index contributed by atoms with van der Waals surface area (Å²) in [5, 5.41) is 7.59. The minimum atomic E-state index is 0.302. The molecule has 22 heavy (non-hydrogen) atoms. The molecule has 4 nitrogen and oxygen atoms in total. The van der Waals surface area contributed by atoms with Crippen molar-refractivity contribution in [1.29, 1.82) is 0 Å². The second-order valence-electron chi connectivity index (χ2n) is 6.19. The highest BCUT2D eigenvalue weighted by molar-refractivity contribution is 5.49. The largest absolute Gasteiger partial charge is 0.372 e. The Balaban J connectivity index is 1.67. The molecule has 1 aromatic heterocycles. The number of aromatic nitrogens is 1. The fraction of sp³-hybridized carbons (Fsp3) is 0.500. The predicted octanol–water partition coefficient (Wildman–Crippen LogP) is 3.74. The van der Waals surface area contributed by atoms with Crippen LogP contribution in [0.4, 0.5) is 5.69 Å². The molecule has 1 aromatic carbocycles. The van der Waals surface area contributed by atoms with E-state index >= 15 is 0 Å². The maximum Gasteiger partial charge on any atom is 0.138 e. The van der Waals surface area contributed by atoms with Crippen molar-refractivity contribution >= 4 is 5.69 Å². The fourth-order valence-corrected chi connectivity index (χ4v) is 3.09. The zero-order chi connectivity index (χ0) is 15.5. The van der Waals surface area contributed by atoms with Crippen LogP contribution in [0.5, 0.6) is 0 Å². The van der Waals surface area contributed by atoms with Gasteiger partial charge in [-0.25, -0.2) is 0 Å². The lowest BCUT2D eigenvalue weighted by Crippen LogP contribution is -2.20. The lowest BCUT2D eigenvalue weighted by Gasteiger charge is -2.20. The first-order valence-electron chi connectivity index (χ1n) is 8.15. The van der Waals surface area contributed by atoms with Crippen LogP contribution in [-0.4, -0.2) is 18.2 Å². The molecule has 0 saturated carbocycles. The molecule has 4 heteroatoms. The second-order valence-corrected chi connectivity index (χ2v) is 6.19. The highest BCUT2D eigenvalue weighted by atomic mass is 16.5. The van der Waals surface area contributed by atoms with Crippen molar-refractivity contribution < 1.29 is 4.52 Å². The number of anilines is 1. The van der Waals surface area contributed by atoms with E-state index in [1.165, 1.54) is 42.7 Å². The van der Waals surface area contributed by atoms with Crippen LogP contribution in [0.1, 0.15) is 48.4 Å². The summed E-state index contributed by atoms with van der Waals surface area (Å²) in [6.07, 6.45) is 2.62. The molecule has 1 aliphatic heterocycles. The van der Waals surface area contributed by atoms with Crippen molar-refractivity contribution in [3.63, 3.8) is 0 Å². The van der Waals surface area contributed by atoms with Crippen LogP contribution in [-0.2, 0) is 6.54 Å². The van der Waals surface area contributed by atoms with E-state index in [-0.39, 0.29) is 0 Å². The van der Waals surface area contributed by atoms with Crippen LogP contribution in [0.3, 0.4) is 0 Å². The lowest BCUT2D eigenvalue weighted by atomic mass is 10.1. The van der Waals surface area contributed by atoms with Crippen LogP contribution in [0.2, 0.25) is 0 Å². The van der Waals surface area contributed by atoms with Gasteiger partial charge in [0, 0.05) is 36.9 Å². The van der Waals surface area contributed by atoms with Crippen LogP contribution >= 0.6 is 0 Å². The summed E-state index contributed by atoms with van der Waals surface area (Å²) in [6, 6.07) is 9.20. The Labute approximate surface area is 132 Å². The predicted molar refractivity (Wildman–Crippen MR) is 89.1 cm³/mol. The van der Waals surface area contributed by atoms with Gasteiger partial charge in [-0.15, -0.1) is 0 Å². The number of hydrogen-bond donors (Lipinski definition) is 1. The minimum absolute atomic E-state index is 0.302. The van der Waals surface area contributed by atoms with Crippen molar-refractivity contribution in [2.45, 2.75) is 46.2 Å². The Morgan fingerprint density at radius 3 is 2.73 bits per heavy atom. The molecule has 1 N–H and O–H groups in total. The van der Waals surface area contributed by atoms with E-state index in [0.29, 0.717) is 6.04 Å². The molecule has 0 bridgehead atoms. The molecular weight excluding hydrogens is 274 g/mol. The molecule has 0 unspecified atom stereocenters. The number of nitrogens with one attached hydrogen (secondary N) is 1. The van der Waals surface area contributed by atoms with E-state index in [1.54, 1.807) is 0 Å². The molecule has 0 spiro atoms. The molecule has 1 aliphatic rings. The normalized spacial score (nSPS) is 16.2. The standard InChI is InChI=1S/C18H25N3O/c1-13(19-12-18-14(2)20-22-15(18)3)16-7-6-8-17(11-16)21-9-4-5-10-21/h6-8,11,13,19H,4-5,9-10,12H2,1-3H3/t13-/m0/s1. The van der Waals surface area contributed by atoms with E-state index in [2.05, 4.69) is 46.6 Å². The van der Waals surface area contributed by atoms with E-state index in [1.807, 2.05) is 13.8 Å². The maximum atomic E-state index is 5.22. The summed E-state index contributed by atoms with van der Waals surface area (Å²) in [4.78, 5) is 2.48. The number of rotatable bonds is 5. The fourth-order valence-electron chi connectivity index (χ4n) is 3.09. The van der Waals surface area contributed by atoms with Crippen LogP contribution in [0.25, 0.3) is 0 Å². The van der Waals surface area contributed by atoms with E-state index in [0.717, 1.165) is 18.0 Å². The molecule has 2 aromatic rings. The van der Waals surface area contributed by atoms with Crippen molar-refractivity contribution in [1.82, 2.24) is 10.5 Å². The van der Waals surface area contributed by atoms with Gasteiger partial charge in [-0.3, -0.25) is 0 Å². The summed E-state index contributed by atoms with van der Waals surface area (Å²) < 4.78 is 5.22. The second kappa shape index (κ2) is 6.53. The van der Waals surface area contributed by atoms with Crippen LogP contribution in [0, 0.1) is 13.8 Å². The van der Waals surface area contributed by atoms with Gasteiger partial charge >= 0.3 is 0 Å². The van der Waals surface area contributed by atoms with Gasteiger partial charge in [0.1, 0.15) is 5.76 Å². The molecule has 118 valence electrons. The molecule has 3 rings (SSSR count). The Bertz CT molecular complexity index is 610. The number of nitrogens with zero attached hydrogens (tertiary/aromatic N) is 2. The van der Waals surface area contributed by atoms with Gasteiger partial charge in [-0.2, -0.15) is 0 Å². The first-order valence-corrected chi connectivity index (χ1v) is 8.15. The Hall–Kier alpha value is -1.81. The van der Waals surface area contributed by atoms with Crippen molar-refractivity contribution in [2.75, 3.05) is 18.0 Å². The summed E-state index contributed by atoms with van der Waals surface area (Å²) in [5.41, 5.74) is 4.82. The van der Waals surface area contributed by atoms with Crippen LogP contribution in [0.15, 0.2) is 28.8 Å². The van der Waals surface area contributed by atoms with E-state index in [9.17, 15) is 0 Å². The smallest absolute Gasteiger partial charge is 0.138 e. The number of benzene rings is 1. The monoisotopic (exact) mass is 299 g/mol. The first-order chi connectivity index (χ1) is 10.6. The number of hydrogen-bond acceptors (Lipinski definition) is 4. The highest BCUT2D eigenvalue weighted by Gasteiger charge is 2.15. The van der Waals surface area contributed by atoms with Crippen LogP contribution < -0.4 is 10.2 Å². The summed E-state index contributed by atoms with van der Waals surface area (Å²) in [5.74, 6) is 0.906. The molecule has 0 radical (unpaired) electrons. The summed E-state index contributed by atoms with van der Waals surface area (Å²) >= 11 is 0. The molecule has 1 atom stereocenters. The third kappa shape index (κ3) is 3.17. The average molecular weight is 299 g/mol. The van der Waals surface area contributed by atoms with Gasteiger partial charge in [0.15, 0.2) is 0 Å². The van der Waals surface area contributed by atoms with Gasteiger partial charge in [0.05, 0.1) is 5.69 Å². The maximum absolute atomic E-state index is 5.22. The molecule has 0 aliphatic carbocycles. The van der Waals surface area contributed by atoms with Crippen molar-refractivity contribution in [3.8, 4) is 0 Å². The Kier molecular flexibility index (Phi) is 4.48. The van der Waals surface area contributed by atoms with Gasteiger partial charge < -0.3 is 14.7 Å². The van der Waals surface area contributed by atoms with Gasteiger partial charge in [-0.05, 0) is 51.3 Å². The summed E-state index contributed by atoms with van der Waals surface area (Å²) in [7, 11) is 0. The van der Waals surface area contributed by atoms with Gasteiger partial charge in [0.2, 0.25) is 0 Å². The third-order valence-corrected chi connectivity index (χ3v) is 4.61. The van der Waals surface area contributed by atoms with Gasteiger partial charge in [0.25, 0.3) is 0 Å². The Morgan fingerprint density at radius 2 is 2.05 bits per heavy atom. The lowest BCUT2D eigenvalue weighted by molar-refractivity contribution is 0.391. The zero-order valence-corrected chi connectivity index (χ0v) is 13.7. The zero-order valence-electron chi connectivity index (χ0n) is 13.7. The molecule has 0 amide bonds. The topological polar surface area (TPSA) is 41.3 Å². The molecule has 2 heterocycles. The molecular formula is C18H25N3O. The quantitative estimate of drug-likeness (QED) is 0.913. The third-order valence-electron chi connectivity index (χ3n) is 4.61. The Morgan fingerprint density at radius 1 is 1.27 bits per heavy atom.